The third-order valence-electron chi connectivity index (χ3n) is 3.52. The Balaban J connectivity index is 2.50. The largest absolute Gasteiger partial charge is 0.480 e. The van der Waals surface area contributed by atoms with Crippen LogP contribution >= 0.6 is 0 Å². The topological polar surface area (TPSA) is 104 Å². The zero-order valence-electron chi connectivity index (χ0n) is 14.0. The Labute approximate surface area is 150 Å². The maximum Gasteiger partial charge on any atom is 0.327 e. The number of amides is 1. The lowest BCUT2D eigenvalue weighted by atomic mass is 10.2. The van der Waals surface area contributed by atoms with E-state index in [1.54, 1.807) is 0 Å². The van der Waals surface area contributed by atoms with Crippen molar-refractivity contribution in [1.29, 1.82) is 0 Å². The summed E-state index contributed by atoms with van der Waals surface area (Å²) >= 11 is 0. The maximum atomic E-state index is 13.2. The van der Waals surface area contributed by atoms with Gasteiger partial charge < -0.3 is 10.4 Å². The molecule has 0 saturated heterocycles. The Morgan fingerprint density at radius 1 is 1.08 bits per heavy atom. The quantitative estimate of drug-likeness (QED) is 0.801. The number of anilines is 2. The molecule has 26 heavy (non-hydrogen) atoms. The van der Waals surface area contributed by atoms with E-state index in [2.05, 4.69) is 5.32 Å². The molecule has 1 unspecified atom stereocenters. The fourth-order valence-electron chi connectivity index (χ4n) is 2.29. The lowest BCUT2D eigenvalue weighted by Crippen LogP contribution is -2.43. The zero-order valence-corrected chi connectivity index (χ0v) is 14.8. The first-order valence-electron chi connectivity index (χ1n) is 7.53. The third-order valence-corrected chi connectivity index (χ3v) is 5.43. The van der Waals surface area contributed by atoms with Gasteiger partial charge in [0, 0.05) is 12.6 Å². The highest BCUT2D eigenvalue weighted by atomic mass is 32.2. The molecule has 0 heterocycles. The Kier molecular flexibility index (Phi) is 5.61. The summed E-state index contributed by atoms with van der Waals surface area (Å²) in [5.74, 6) is -2.24. The van der Waals surface area contributed by atoms with Crippen LogP contribution in [-0.2, 0) is 19.6 Å². The molecular formula is C17H17FN2O5S. The van der Waals surface area contributed by atoms with Gasteiger partial charge in [-0.15, -0.1) is 0 Å². The minimum absolute atomic E-state index is 0.0206. The number of carboxylic acid groups (broad SMARTS) is 1. The summed E-state index contributed by atoms with van der Waals surface area (Å²) in [5, 5.41) is 11.8. The summed E-state index contributed by atoms with van der Waals surface area (Å²) in [6, 6.07) is 8.36. The predicted molar refractivity (Wildman–Crippen MR) is 93.9 cm³/mol. The van der Waals surface area contributed by atoms with E-state index < -0.39 is 27.9 Å². The molecule has 0 aromatic heterocycles. The number of carbonyl (C=O) groups excluding carboxylic acids is 1. The van der Waals surface area contributed by atoms with Crippen LogP contribution in [0.1, 0.15) is 13.8 Å². The van der Waals surface area contributed by atoms with Crippen LogP contribution in [0.15, 0.2) is 53.4 Å². The van der Waals surface area contributed by atoms with Crippen molar-refractivity contribution in [3.8, 4) is 0 Å². The number of hydrogen-bond donors (Lipinski definition) is 2. The third kappa shape index (κ3) is 4.17. The predicted octanol–water partition coefficient (Wildman–Crippen LogP) is 2.45. The first-order valence-corrected chi connectivity index (χ1v) is 8.97. The highest BCUT2D eigenvalue weighted by molar-refractivity contribution is 7.92. The van der Waals surface area contributed by atoms with Crippen LogP contribution in [0.2, 0.25) is 0 Å². The van der Waals surface area contributed by atoms with E-state index >= 15 is 0 Å². The fourth-order valence-corrected chi connectivity index (χ4v) is 3.90. The average molecular weight is 380 g/mol. The molecule has 138 valence electrons. The smallest absolute Gasteiger partial charge is 0.327 e. The van der Waals surface area contributed by atoms with E-state index in [1.807, 2.05) is 0 Å². The van der Waals surface area contributed by atoms with Crippen LogP contribution < -0.4 is 9.62 Å². The number of nitrogens with zero attached hydrogens (tertiary/aromatic N) is 1. The Bertz CT molecular complexity index is 911. The number of halogens is 1. The van der Waals surface area contributed by atoms with Crippen LogP contribution in [0.3, 0.4) is 0 Å². The SMILES string of the molecule is CC(=O)Nc1ccc(S(=O)(=O)N(c2ccc(F)cc2)C(C)C(=O)O)cc1. The molecule has 0 bridgehead atoms. The number of carbonyl (C=O) groups is 2. The van der Waals surface area contributed by atoms with Gasteiger partial charge in [-0.25, -0.2) is 17.6 Å². The molecule has 2 aromatic rings. The van der Waals surface area contributed by atoms with Crippen molar-refractivity contribution in [2.45, 2.75) is 24.8 Å². The van der Waals surface area contributed by atoms with E-state index in [-0.39, 0.29) is 16.5 Å². The van der Waals surface area contributed by atoms with E-state index in [1.165, 1.54) is 50.2 Å². The highest BCUT2D eigenvalue weighted by Crippen LogP contribution is 2.27. The van der Waals surface area contributed by atoms with Gasteiger partial charge in [0.15, 0.2) is 0 Å². The second-order valence-electron chi connectivity index (χ2n) is 5.50. The van der Waals surface area contributed by atoms with Gasteiger partial charge in [-0.2, -0.15) is 0 Å². The van der Waals surface area contributed by atoms with Gasteiger partial charge in [0.1, 0.15) is 11.9 Å². The van der Waals surface area contributed by atoms with E-state index in [0.29, 0.717) is 9.99 Å². The normalized spacial score (nSPS) is 12.3. The molecule has 0 radical (unpaired) electrons. The van der Waals surface area contributed by atoms with Gasteiger partial charge in [-0.1, -0.05) is 0 Å². The minimum Gasteiger partial charge on any atom is -0.480 e. The van der Waals surface area contributed by atoms with Crippen LogP contribution in [0, 0.1) is 5.82 Å². The van der Waals surface area contributed by atoms with Crippen LogP contribution in [0.25, 0.3) is 0 Å². The molecule has 2 N–H and O–H groups in total. The maximum absolute atomic E-state index is 13.2. The lowest BCUT2D eigenvalue weighted by Gasteiger charge is -2.28. The molecule has 1 atom stereocenters. The van der Waals surface area contributed by atoms with Crippen molar-refractivity contribution in [1.82, 2.24) is 0 Å². The Hall–Kier alpha value is -2.94. The van der Waals surface area contributed by atoms with Crippen molar-refractivity contribution in [3.63, 3.8) is 0 Å². The van der Waals surface area contributed by atoms with E-state index in [9.17, 15) is 27.5 Å². The molecule has 2 aromatic carbocycles. The summed E-state index contributed by atoms with van der Waals surface area (Å²) < 4.78 is 39.8. The van der Waals surface area contributed by atoms with Gasteiger partial charge in [-0.3, -0.25) is 9.10 Å². The summed E-state index contributed by atoms with van der Waals surface area (Å²) in [6.45, 7) is 2.53. The molecular weight excluding hydrogens is 363 g/mol. The summed E-state index contributed by atoms with van der Waals surface area (Å²) in [7, 11) is -4.24. The molecule has 2 rings (SSSR count). The van der Waals surface area contributed by atoms with E-state index in [0.717, 1.165) is 12.1 Å². The number of rotatable bonds is 6. The van der Waals surface area contributed by atoms with Crippen molar-refractivity contribution in [3.05, 3.63) is 54.3 Å². The molecule has 0 saturated carbocycles. The number of sulfonamides is 1. The molecule has 7 nitrogen and oxygen atoms in total. The first-order chi connectivity index (χ1) is 12.1. The molecule has 0 fully saturated rings. The number of nitrogens with one attached hydrogen (secondary N) is 1. The lowest BCUT2D eigenvalue weighted by molar-refractivity contribution is -0.137. The molecule has 0 aliphatic rings. The van der Waals surface area contributed by atoms with Gasteiger partial charge in [-0.05, 0) is 55.5 Å². The van der Waals surface area contributed by atoms with Gasteiger partial charge in [0.05, 0.1) is 10.6 Å². The zero-order chi connectivity index (χ0) is 19.5. The molecule has 0 spiro atoms. The van der Waals surface area contributed by atoms with E-state index in [4.69, 9.17) is 0 Å². The number of carboxylic acids is 1. The Morgan fingerprint density at radius 2 is 1.62 bits per heavy atom. The van der Waals surface area contributed by atoms with Gasteiger partial charge >= 0.3 is 5.97 Å². The number of hydrogen-bond acceptors (Lipinski definition) is 4. The van der Waals surface area contributed by atoms with Crippen LogP contribution in [0.4, 0.5) is 15.8 Å². The second kappa shape index (κ2) is 7.52. The van der Waals surface area contributed by atoms with Crippen molar-refractivity contribution in [2.75, 3.05) is 9.62 Å². The number of aliphatic carboxylic acids is 1. The van der Waals surface area contributed by atoms with Crippen molar-refractivity contribution < 1.29 is 27.5 Å². The monoisotopic (exact) mass is 380 g/mol. The van der Waals surface area contributed by atoms with Crippen molar-refractivity contribution in [2.24, 2.45) is 0 Å². The first kappa shape index (κ1) is 19.4. The summed E-state index contributed by atoms with van der Waals surface area (Å²) in [5.41, 5.74) is 0.420. The molecule has 0 aliphatic heterocycles. The average Bonchev–Trinajstić information content (AvgIpc) is 2.56. The molecule has 9 heteroatoms. The second-order valence-corrected chi connectivity index (χ2v) is 7.31. The highest BCUT2D eigenvalue weighted by Gasteiger charge is 2.33. The van der Waals surface area contributed by atoms with Gasteiger partial charge in [0.25, 0.3) is 10.0 Å². The standard InChI is InChI=1S/C17H17FN2O5S/c1-11(17(22)23)20(15-7-3-13(18)4-8-15)26(24,25)16-9-5-14(6-10-16)19-12(2)21/h3-11H,1-2H3,(H,19,21)(H,22,23). The van der Waals surface area contributed by atoms with Crippen molar-refractivity contribution >= 4 is 33.3 Å². The van der Waals surface area contributed by atoms with Crippen LogP contribution in [0.5, 0.6) is 0 Å². The van der Waals surface area contributed by atoms with Crippen LogP contribution in [-0.4, -0.2) is 31.4 Å². The Morgan fingerprint density at radius 3 is 2.08 bits per heavy atom. The molecule has 1 amide bonds. The number of benzene rings is 2. The minimum atomic E-state index is -4.24. The molecule has 0 aliphatic carbocycles. The summed E-state index contributed by atoms with van der Waals surface area (Å²) in [6.07, 6.45) is 0. The fraction of sp³-hybridized carbons (Fsp3) is 0.176. The summed E-state index contributed by atoms with van der Waals surface area (Å²) in [4.78, 5) is 22.3. The van der Waals surface area contributed by atoms with Gasteiger partial charge in [0.2, 0.25) is 5.91 Å².